The number of carbonyl (C=O) groups excluding carboxylic acids is 1. The lowest BCUT2D eigenvalue weighted by molar-refractivity contribution is 0.0625. The van der Waals surface area contributed by atoms with Crippen LogP contribution in [0.4, 0.5) is 5.95 Å². The summed E-state index contributed by atoms with van der Waals surface area (Å²) in [6, 6.07) is 3.63. The molecule has 2 aliphatic rings. The lowest BCUT2D eigenvalue weighted by Gasteiger charge is -2.40. The molecule has 1 atom stereocenters. The number of anilines is 1. The highest BCUT2D eigenvalue weighted by molar-refractivity contribution is 5.93. The van der Waals surface area contributed by atoms with Gasteiger partial charge in [0.25, 0.3) is 11.5 Å². The Balaban J connectivity index is 1.51. The third-order valence-corrected chi connectivity index (χ3v) is 6.14. The first-order chi connectivity index (χ1) is 14.0. The number of hydrogen-bond acceptors (Lipinski definition) is 6. The zero-order valence-corrected chi connectivity index (χ0v) is 16.6. The lowest BCUT2D eigenvalue weighted by atomic mass is 9.77. The molecule has 0 aromatic carbocycles. The maximum Gasteiger partial charge on any atom is 0.274 e. The molecule has 1 spiro atoms. The summed E-state index contributed by atoms with van der Waals surface area (Å²) in [7, 11) is 3.72. The minimum absolute atomic E-state index is 0.0648. The quantitative estimate of drug-likeness (QED) is 0.697. The van der Waals surface area contributed by atoms with E-state index in [0.717, 1.165) is 30.5 Å². The second-order valence-corrected chi connectivity index (χ2v) is 8.16. The van der Waals surface area contributed by atoms with Crippen LogP contribution in [-0.2, 0) is 11.8 Å². The highest BCUT2D eigenvalue weighted by Crippen LogP contribution is 2.43. The van der Waals surface area contributed by atoms with Crippen molar-refractivity contribution < 1.29 is 4.79 Å². The van der Waals surface area contributed by atoms with Crippen molar-refractivity contribution in [2.45, 2.75) is 31.1 Å². The van der Waals surface area contributed by atoms with E-state index in [1.165, 1.54) is 0 Å². The molecule has 150 valence electrons. The molecule has 4 heterocycles. The first-order valence-electron chi connectivity index (χ1n) is 9.88. The van der Waals surface area contributed by atoms with Crippen molar-refractivity contribution in [3.05, 3.63) is 51.8 Å². The summed E-state index contributed by atoms with van der Waals surface area (Å²) < 4.78 is 1.58. The standard InChI is InChI=1S/C20H23N7O2/c1-25(2)19-23-16-13(17(28)24-19)6-8-20(16)7-4-10-26(12-20)18(29)14-11-21-15-5-3-9-22-27(14)15/h3,5,9,11H,4,6-8,10,12H2,1-2H3,(H,23,24,28). The van der Waals surface area contributed by atoms with E-state index in [2.05, 4.69) is 15.1 Å². The Morgan fingerprint density at radius 3 is 3.00 bits per heavy atom. The minimum atomic E-state index is -0.268. The van der Waals surface area contributed by atoms with Crippen molar-refractivity contribution in [2.24, 2.45) is 0 Å². The first-order valence-corrected chi connectivity index (χ1v) is 9.88. The molecule has 1 unspecified atom stereocenters. The Morgan fingerprint density at radius 2 is 2.17 bits per heavy atom. The van der Waals surface area contributed by atoms with Gasteiger partial charge < -0.3 is 9.80 Å². The molecule has 3 aromatic rings. The average Bonchev–Trinajstić information content (AvgIpc) is 3.30. The molecule has 1 aliphatic carbocycles. The van der Waals surface area contributed by atoms with Gasteiger partial charge in [0.15, 0.2) is 11.3 Å². The first kappa shape index (κ1) is 17.8. The monoisotopic (exact) mass is 393 g/mol. The number of piperidine rings is 1. The Labute approximate surface area is 167 Å². The number of hydrogen-bond donors (Lipinski definition) is 1. The summed E-state index contributed by atoms with van der Waals surface area (Å²) in [5.74, 6) is 0.478. The number of aromatic nitrogens is 5. The molecular formula is C20H23N7O2. The van der Waals surface area contributed by atoms with E-state index in [1.54, 1.807) is 23.0 Å². The van der Waals surface area contributed by atoms with Gasteiger partial charge in [-0.15, -0.1) is 0 Å². The molecule has 5 rings (SSSR count). The molecule has 29 heavy (non-hydrogen) atoms. The number of imidazole rings is 1. The molecule has 9 heteroatoms. The summed E-state index contributed by atoms with van der Waals surface area (Å²) in [4.78, 5) is 41.5. The molecule has 0 bridgehead atoms. The van der Waals surface area contributed by atoms with E-state index in [-0.39, 0.29) is 16.9 Å². The number of fused-ring (bicyclic) bond motifs is 3. The molecule has 1 amide bonds. The summed E-state index contributed by atoms with van der Waals surface area (Å²) in [6.07, 6.45) is 6.58. The number of likely N-dealkylation sites (tertiary alicyclic amines) is 1. The molecular weight excluding hydrogens is 370 g/mol. The van der Waals surface area contributed by atoms with E-state index in [1.807, 2.05) is 30.0 Å². The van der Waals surface area contributed by atoms with Gasteiger partial charge in [-0.25, -0.2) is 14.5 Å². The van der Waals surface area contributed by atoms with Crippen molar-refractivity contribution in [2.75, 3.05) is 32.1 Å². The fourth-order valence-electron chi connectivity index (χ4n) is 4.69. The molecule has 1 saturated heterocycles. The van der Waals surface area contributed by atoms with E-state index in [4.69, 9.17) is 4.98 Å². The Morgan fingerprint density at radius 1 is 1.31 bits per heavy atom. The van der Waals surface area contributed by atoms with Crippen LogP contribution in [0.3, 0.4) is 0 Å². The van der Waals surface area contributed by atoms with Crippen LogP contribution in [0, 0.1) is 0 Å². The van der Waals surface area contributed by atoms with E-state index in [0.29, 0.717) is 36.8 Å². The molecule has 1 fully saturated rings. The SMILES string of the molecule is CN(C)c1nc2c(c(=O)[nH]1)CCC21CCCN(C(=O)c2cnc3cccnn23)C1. The fourth-order valence-corrected chi connectivity index (χ4v) is 4.69. The topological polar surface area (TPSA) is 99.5 Å². The van der Waals surface area contributed by atoms with Crippen molar-refractivity contribution in [3.63, 3.8) is 0 Å². The van der Waals surface area contributed by atoms with Gasteiger partial charge in [-0.1, -0.05) is 0 Å². The molecule has 1 aliphatic heterocycles. The zero-order chi connectivity index (χ0) is 20.2. The van der Waals surface area contributed by atoms with Gasteiger partial charge in [-0.3, -0.25) is 14.6 Å². The molecule has 9 nitrogen and oxygen atoms in total. The van der Waals surface area contributed by atoms with Crippen LogP contribution in [0.2, 0.25) is 0 Å². The number of aromatic amines is 1. The van der Waals surface area contributed by atoms with Crippen LogP contribution in [0.1, 0.15) is 41.0 Å². The van der Waals surface area contributed by atoms with Gasteiger partial charge in [-0.2, -0.15) is 5.10 Å². The van der Waals surface area contributed by atoms with Crippen LogP contribution in [0.25, 0.3) is 5.65 Å². The van der Waals surface area contributed by atoms with Crippen LogP contribution in [0.15, 0.2) is 29.3 Å². The average molecular weight is 393 g/mol. The Hall–Kier alpha value is -3.23. The Bertz CT molecular complexity index is 1170. The summed E-state index contributed by atoms with van der Waals surface area (Å²) in [6.45, 7) is 1.24. The van der Waals surface area contributed by atoms with Gasteiger partial charge in [0.05, 0.1) is 11.9 Å². The van der Waals surface area contributed by atoms with Gasteiger partial charge in [-0.05, 0) is 37.8 Å². The maximum absolute atomic E-state index is 13.3. The fraction of sp³-hybridized carbons (Fsp3) is 0.450. The van der Waals surface area contributed by atoms with Gasteiger partial charge in [0.1, 0.15) is 0 Å². The van der Waals surface area contributed by atoms with Crippen LogP contribution in [-0.4, -0.2) is 62.6 Å². The number of nitrogens with one attached hydrogen (secondary N) is 1. The molecule has 1 N–H and O–H groups in total. The number of H-pyrrole nitrogens is 1. The van der Waals surface area contributed by atoms with Crippen LogP contribution in [0.5, 0.6) is 0 Å². The molecule has 0 saturated carbocycles. The highest BCUT2D eigenvalue weighted by Gasteiger charge is 2.46. The lowest BCUT2D eigenvalue weighted by Crippen LogP contribution is -2.48. The summed E-state index contributed by atoms with van der Waals surface area (Å²) in [5, 5.41) is 4.27. The van der Waals surface area contributed by atoms with Crippen molar-refractivity contribution in [3.8, 4) is 0 Å². The largest absolute Gasteiger partial charge is 0.348 e. The highest BCUT2D eigenvalue weighted by atomic mass is 16.2. The smallest absolute Gasteiger partial charge is 0.274 e. The van der Waals surface area contributed by atoms with Gasteiger partial charge in [0.2, 0.25) is 5.95 Å². The van der Waals surface area contributed by atoms with Crippen molar-refractivity contribution in [1.82, 2.24) is 29.5 Å². The Kier molecular flexibility index (Phi) is 3.94. The summed E-state index contributed by atoms with van der Waals surface area (Å²) >= 11 is 0. The van der Waals surface area contributed by atoms with E-state index in [9.17, 15) is 9.59 Å². The second kappa shape index (κ2) is 6.40. The predicted octanol–water partition coefficient (Wildman–Crippen LogP) is 0.999. The number of amides is 1. The van der Waals surface area contributed by atoms with Crippen molar-refractivity contribution in [1.29, 1.82) is 0 Å². The molecule has 0 radical (unpaired) electrons. The van der Waals surface area contributed by atoms with Crippen molar-refractivity contribution >= 4 is 17.5 Å². The third kappa shape index (κ3) is 2.72. The second-order valence-electron chi connectivity index (χ2n) is 8.16. The summed E-state index contributed by atoms with van der Waals surface area (Å²) in [5.41, 5.74) is 2.40. The van der Waals surface area contributed by atoms with Gasteiger partial charge in [0, 0.05) is 44.4 Å². The van der Waals surface area contributed by atoms with Gasteiger partial charge >= 0.3 is 0 Å². The maximum atomic E-state index is 13.3. The van der Waals surface area contributed by atoms with E-state index >= 15 is 0 Å². The normalized spacial score (nSPS) is 21.0. The van der Waals surface area contributed by atoms with Crippen LogP contribution >= 0.6 is 0 Å². The predicted molar refractivity (Wildman–Crippen MR) is 107 cm³/mol. The van der Waals surface area contributed by atoms with E-state index < -0.39 is 0 Å². The molecule has 3 aromatic heterocycles. The number of rotatable bonds is 2. The third-order valence-electron chi connectivity index (χ3n) is 6.14. The zero-order valence-electron chi connectivity index (χ0n) is 16.6. The minimum Gasteiger partial charge on any atom is -0.348 e. The number of carbonyl (C=O) groups is 1. The van der Waals surface area contributed by atoms with Crippen LogP contribution < -0.4 is 10.5 Å². The number of nitrogens with zero attached hydrogens (tertiary/aromatic N) is 6.